The molecule has 0 spiro atoms. The van der Waals surface area contributed by atoms with E-state index >= 15 is 0 Å². The smallest absolute Gasteiger partial charge is 0.0170 e. The largest absolute Gasteiger partial charge is 0.115 e. The second kappa shape index (κ2) is 4.93. The van der Waals surface area contributed by atoms with Crippen molar-refractivity contribution in [3.8, 4) is 12.3 Å². The van der Waals surface area contributed by atoms with Crippen LogP contribution in [0.4, 0.5) is 0 Å². The third-order valence-corrected chi connectivity index (χ3v) is 0.786. The summed E-state index contributed by atoms with van der Waals surface area (Å²) < 4.78 is 0. The van der Waals surface area contributed by atoms with Gasteiger partial charge in [-0.2, -0.15) is 0 Å². The molecule has 46 valence electrons. The van der Waals surface area contributed by atoms with E-state index in [-0.39, 0.29) is 0 Å². The Morgan fingerprint density at radius 3 is 2.67 bits per heavy atom. The van der Waals surface area contributed by atoms with Crippen LogP contribution in [0.25, 0.3) is 0 Å². The Hall–Kier alpha value is -1.22. The molecular weight excluding hydrogens is 108 g/mol. The minimum atomic E-state index is 0.702. The molecule has 0 heterocycles. The van der Waals surface area contributed by atoms with Crippen molar-refractivity contribution < 1.29 is 0 Å². The highest BCUT2D eigenvalue weighted by atomic mass is 13.8. The summed E-state index contributed by atoms with van der Waals surface area (Å²) in [6.45, 7) is 5.54. The Morgan fingerprint density at radius 2 is 2.22 bits per heavy atom. The summed E-state index contributed by atoms with van der Waals surface area (Å²) in [6, 6.07) is 0. The van der Waals surface area contributed by atoms with Crippen LogP contribution in [0, 0.1) is 12.3 Å². The highest BCUT2D eigenvalue weighted by Gasteiger charge is 1.71. The first-order valence-corrected chi connectivity index (χ1v) is 2.76. The lowest BCUT2D eigenvalue weighted by Crippen LogP contribution is -1.61. The molecule has 0 N–H and O–H groups in total. The van der Waals surface area contributed by atoms with E-state index in [4.69, 9.17) is 6.42 Å². The van der Waals surface area contributed by atoms with Crippen LogP contribution in [0.1, 0.15) is 6.92 Å². The van der Waals surface area contributed by atoms with Crippen molar-refractivity contribution in [2.75, 3.05) is 0 Å². The van der Waals surface area contributed by atoms with E-state index in [1.165, 1.54) is 0 Å². The molecule has 0 saturated carbocycles. The third-order valence-electron chi connectivity index (χ3n) is 0.786. The van der Waals surface area contributed by atoms with E-state index in [2.05, 4.69) is 12.5 Å². The molecule has 9 heavy (non-hydrogen) atoms. The first kappa shape index (κ1) is 7.78. The van der Waals surface area contributed by atoms with E-state index in [1.54, 1.807) is 6.08 Å². The zero-order valence-electron chi connectivity index (χ0n) is 5.59. The van der Waals surface area contributed by atoms with Crippen LogP contribution in [0.3, 0.4) is 0 Å². The highest BCUT2D eigenvalue weighted by molar-refractivity contribution is 5.34. The molecule has 0 saturated heterocycles. The van der Waals surface area contributed by atoms with Crippen molar-refractivity contribution in [2.24, 2.45) is 0 Å². The molecule has 0 radical (unpaired) electrons. The number of hydrogen-bond acceptors (Lipinski definition) is 0. The molecule has 0 unspecified atom stereocenters. The first-order valence-electron chi connectivity index (χ1n) is 2.76. The molecule has 0 aromatic heterocycles. The Balaban J connectivity index is 3.75. The lowest BCUT2D eigenvalue weighted by atomic mass is 10.3. The van der Waals surface area contributed by atoms with E-state index < -0.39 is 0 Å². The van der Waals surface area contributed by atoms with Gasteiger partial charge in [-0.15, -0.1) is 6.42 Å². The Bertz CT molecular complexity index is 175. The van der Waals surface area contributed by atoms with Gasteiger partial charge in [-0.25, -0.2) is 0 Å². The summed E-state index contributed by atoms with van der Waals surface area (Å²) in [7, 11) is 0. The van der Waals surface area contributed by atoms with E-state index in [1.807, 2.05) is 25.2 Å². The van der Waals surface area contributed by atoms with Gasteiger partial charge < -0.3 is 0 Å². The van der Waals surface area contributed by atoms with Gasteiger partial charge >= 0.3 is 0 Å². The lowest BCUT2D eigenvalue weighted by molar-refractivity contribution is 1.72. The van der Waals surface area contributed by atoms with Crippen LogP contribution >= 0.6 is 0 Å². The Labute approximate surface area is 56.6 Å². The molecule has 0 bridgehead atoms. The molecule has 0 rings (SSSR count). The van der Waals surface area contributed by atoms with Gasteiger partial charge in [-0.1, -0.05) is 30.7 Å². The molecular formula is C9H10. The average Bonchev–Trinajstić information content (AvgIpc) is 1.89. The summed E-state index contributed by atoms with van der Waals surface area (Å²) in [6.07, 6.45) is 12.5. The second-order valence-corrected chi connectivity index (χ2v) is 1.55. The zero-order chi connectivity index (χ0) is 7.11. The Morgan fingerprint density at radius 1 is 1.56 bits per heavy atom. The minimum absolute atomic E-state index is 0.702. The van der Waals surface area contributed by atoms with Crippen molar-refractivity contribution in [1.82, 2.24) is 0 Å². The van der Waals surface area contributed by atoms with Crippen molar-refractivity contribution >= 4 is 0 Å². The van der Waals surface area contributed by atoms with Crippen LogP contribution in [0.15, 0.2) is 36.5 Å². The van der Waals surface area contributed by atoms with Gasteiger partial charge in [0.2, 0.25) is 0 Å². The van der Waals surface area contributed by atoms with Gasteiger partial charge in [0.15, 0.2) is 0 Å². The first-order chi connectivity index (χ1) is 4.31. The number of hydrogen-bond donors (Lipinski definition) is 0. The molecule has 0 aromatic carbocycles. The molecule has 0 fully saturated rings. The van der Waals surface area contributed by atoms with E-state index in [9.17, 15) is 0 Å². The molecule has 0 aliphatic carbocycles. The highest BCUT2D eigenvalue weighted by Crippen LogP contribution is 1.88. The van der Waals surface area contributed by atoms with Crippen LogP contribution in [-0.4, -0.2) is 0 Å². The predicted octanol–water partition coefficient (Wildman–Crippen LogP) is 2.31. The van der Waals surface area contributed by atoms with Crippen molar-refractivity contribution in [3.05, 3.63) is 36.5 Å². The van der Waals surface area contributed by atoms with Gasteiger partial charge in [-0.05, 0) is 13.0 Å². The fourth-order valence-electron chi connectivity index (χ4n) is 0.331. The maximum Gasteiger partial charge on any atom is 0.0170 e. The zero-order valence-corrected chi connectivity index (χ0v) is 5.59. The lowest BCUT2D eigenvalue weighted by Gasteiger charge is -1.78. The number of rotatable bonds is 2. The van der Waals surface area contributed by atoms with Crippen molar-refractivity contribution in [3.63, 3.8) is 0 Å². The summed E-state index contributed by atoms with van der Waals surface area (Å²) >= 11 is 0. The van der Waals surface area contributed by atoms with Gasteiger partial charge in [0.25, 0.3) is 0 Å². The van der Waals surface area contributed by atoms with Crippen LogP contribution in [-0.2, 0) is 0 Å². The maximum atomic E-state index is 5.03. The monoisotopic (exact) mass is 118 g/mol. The molecule has 0 aromatic rings. The van der Waals surface area contributed by atoms with E-state index in [0.717, 1.165) is 0 Å². The van der Waals surface area contributed by atoms with Crippen molar-refractivity contribution in [1.29, 1.82) is 0 Å². The summed E-state index contributed by atoms with van der Waals surface area (Å²) in [5.41, 5.74) is 0.702. The average molecular weight is 118 g/mol. The maximum absolute atomic E-state index is 5.03. The summed E-state index contributed by atoms with van der Waals surface area (Å²) in [5, 5.41) is 0. The van der Waals surface area contributed by atoms with Gasteiger partial charge in [0, 0.05) is 5.57 Å². The second-order valence-electron chi connectivity index (χ2n) is 1.55. The number of terminal acetylenes is 1. The quantitative estimate of drug-likeness (QED) is 0.385. The third kappa shape index (κ3) is 4.64. The van der Waals surface area contributed by atoms with E-state index in [0.29, 0.717) is 5.57 Å². The standard InChI is InChI=1S/C9H10/c1-4-6-7-8-9(3)5-2/h2,4,6-8H,3H2,1H3/b6-4-,8-7-. The van der Waals surface area contributed by atoms with Crippen LogP contribution < -0.4 is 0 Å². The molecule has 0 nitrogen and oxygen atoms in total. The fourth-order valence-corrected chi connectivity index (χ4v) is 0.331. The molecule has 0 atom stereocenters. The Kier molecular flexibility index (Phi) is 4.26. The fraction of sp³-hybridized carbons (Fsp3) is 0.111. The summed E-state index contributed by atoms with van der Waals surface area (Å²) in [5.74, 6) is 2.41. The summed E-state index contributed by atoms with van der Waals surface area (Å²) in [4.78, 5) is 0. The topological polar surface area (TPSA) is 0 Å². The van der Waals surface area contributed by atoms with Crippen molar-refractivity contribution in [2.45, 2.75) is 6.92 Å². The molecule has 0 heteroatoms. The van der Waals surface area contributed by atoms with Gasteiger partial charge in [0.1, 0.15) is 0 Å². The van der Waals surface area contributed by atoms with Crippen LogP contribution in [0.2, 0.25) is 0 Å². The van der Waals surface area contributed by atoms with Gasteiger partial charge in [0.05, 0.1) is 0 Å². The van der Waals surface area contributed by atoms with Crippen LogP contribution in [0.5, 0.6) is 0 Å². The minimum Gasteiger partial charge on any atom is -0.115 e. The molecule has 0 aliphatic rings. The predicted molar refractivity (Wildman–Crippen MR) is 41.9 cm³/mol. The molecule has 0 amide bonds. The van der Waals surface area contributed by atoms with Gasteiger partial charge in [-0.3, -0.25) is 0 Å². The SMILES string of the molecule is C#CC(=C)/C=C\C=C/C. The normalized spacial score (nSPS) is 10.2. The molecule has 0 aliphatic heterocycles. The number of allylic oxidation sites excluding steroid dienone is 5.